The van der Waals surface area contributed by atoms with Crippen molar-refractivity contribution < 1.29 is 17.8 Å². The Morgan fingerprint density at radius 3 is 1.82 bits per heavy atom. The van der Waals surface area contributed by atoms with E-state index in [9.17, 15) is 0 Å². The second-order valence-electron chi connectivity index (χ2n) is 5.24. The van der Waals surface area contributed by atoms with Crippen LogP contribution in [0.5, 0.6) is 0 Å². The summed E-state index contributed by atoms with van der Waals surface area (Å²) in [5.41, 5.74) is 0. The van der Waals surface area contributed by atoms with Crippen LogP contribution in [0.2, 0.25) is 6.04 Å². The molecule has 1 heterocycles. The van der Waals surface area contributed by atoms with Crippen LogP contribution < -0.4 is 0 Å². The molecule has 0 amide bonds. The van der Waals surface area contributed by atoms with E-state index < -0.39 is 8.80 Å². The third kappa shape index (κ3) is 3.29. The number of hydrogen-bond donors (Lipinski definition) is 0. The normalized spacial score (nSPS) is 20.1. The monoisotopic (exact) mass is 262 g/mol. The first-order valence-corrected chi connectivity index (χ1v) is 8.48. The van der Waals surface area contributed by atoms with E-state index in [0.717, 1.165) is 12.6 Å². The predicted molar refractivity (Wildman–Crippen MR) is 70.8 cm³/mol. The lowest BCUT2D eigenvalue weighted by Gasteiger charge is -2.40. The maximum absolute atomic E-state index is 5.51. The minimum absolute atomic E-state index is 0.676. The van der Waals surface area contributed by atoms with Gasteiger partial charge in [-0.1, -0.05) is 0 Å². The lowest BCUT2D eigenvalue weighted by molar-refractivity contribution is -0.935. The molecule has 1 aliphatic heterocycles. The van der Waals surface area contributed by atoms with Gasteiger partial charge in [0.05, 0.1) is 31.7 Å². The summed E-state index contributed by atoms with van der Waals surface area (Å²) in [6, 6.07) is 1.59. The molecule has 1 saturated heterocycles. The zero-order valence-electron chi connectivity index (χ0n) is 12.0. The summed E-state index contributed by atoms with van der Waals surface area (Å²) in [5.74, 6) is 0. The van der Waals surface area contributed by atoms with Gasteiger partial charge in [0, 0.05) is 34.2 Å². The van der Waals surface area contributed by atoms with Crippen LogP contribution in [0.15, 0.2) is 0 Å². The fourth-order valence-corrected chi connectivity index (χ4v) is 4.71. The Labute approximate surface area is 107 Å². The molecule has 0 radical (unpaired) electrons. The Bertz CT molecular complexity index is 218. The van der Waals surface area contributed by atoms with Crippen molar-refractivity contribution >= 4 is 8.80 Å². The molecule has 4 nitrogen and oxygen atoms in total. The summed E-state index contributed by atoms with van der Waals surface area (Å²) < 4.78 is 17.7. The Morgan fingerprint density at radius 1 is 1.00 bits per heavy atom. The van der Waals surface area contributed by atoms with E-state index in [2.05, 4.69) is 13.8 Å². The van der Waals surface area contributed by atoms with Gasteiger partial charge >= 0.3 is 8.80 Å². The predicted octanol–water partition coefficient (Wildman–Crippen LogP) is 1.88. The van der Waals surface area contributed by atoms with Crippen LogP contribution in [0.25, 0.3) is 0 Å². The van der Waals surface area contributed by atoms with E-state index in [1.165, 1.54) is 30.4 Å². The molecule has 0 aromatic rings. The van der Waals surface area contributed by atoms with Gasteiger partial charge in [0.15, 0.2) is 0 Å². The van der Waals surface area contributed by atoms with Crippen molar-refractivity contribution in [2.45, 2.75) is 38.8 Å². The molecule has 0 aromatic heterocycles. The number of hydrogen-bond acceptors (Lipinski definition) is 3. The standard InChI is InChI=1S/C12H28NO3Si/c1-12(2)13(8-6-7-9-13)10-11-17(14-3,15-4)16-5/h12H,6-11H2,1-5H3/q+1. The quantitative estimate of drug-likeness (QED) is 0.518. The molecule has 0 atom stereocenters. The summed E-state index contributed by atoms with van der Waals surface area (Å²) in [6.07, 6.45) is 2.69. The first-order chi connectivity index (χ1) is 8.04. The highest BCUT2D eigenvalue weighted by molar-refractivity contribution is 6.60. The smallest absolute Gasteiger partial charge is 0.377 e. The largest absolute Gasteiger partial charge is 0.505 e. The van der Waals surface area contributed by atoms with Crippen LogP contribution in [0.1, 0.15) is 26.7 Å². The Kier molecular flexibility index (Phi) is 5.59. The van der Waals surface area contributed by atoms with Gasteiger partial charge in [0.1, 0.15) is 0 Å². The van der Waals surface area contributed by atoms with Crippen molar-refractivity contribution in [3.8, 4) is 0 Å². The molecular weight excluding hydrogens is 234 g/mol. The van der Waals surface area contributed by atoms with Gasteiger partial charge in [0.25, 0.3) is 0 Å². The summed E-state index contributed by atoms with van der Waals surface area (Å²) in [7, 11) is 2.70. The first-order valence-electron chi connectivity index (χ1n) is 6.55. The number of likely N-dealkylation sites (tertiary alicyclic amines) is 1. The minimum Gasteiger partial charge on any atom is -0.377 e. The van der Waals surface area contributed by atoms with Gasteiger partial charge in [0.2, 0.25) is 0 Å². The minimum atomic E-state index is -2.39. The van der Waals surface area contributed by atoms with Gasteiger partial charge in [-0.3, -0.25) is 0 Å². The van der Waals surface area contributed by atoms with Crippen molar-refractivity contribution in [3.63, 3.8) is 0 Å². The van der Waals surface area contributed by atoms with Gasteiger partial charge in [-0.05, 0) is 13.8 Å². The lowest BCUT2D eigenvalue weighted by Crippen LogP contribution is -2.55. The number of rotatable bonds is 7. The Hall–Kier alpha value is 0.0569. The van der Waals surface area contributed by atoms with E-state index >= 15 is 0 Å². The second-order valence-corrected chi connectivity index (χ2v) is 8.33. The summed E-state index contributed by atoms with van der Waals surface area (Å²) in [5, 5.41) is 0. The summed E-state index contributed by atoms with van der Waals surface area (Å²) >= 11 is 0. The molecule has 0 N–H and O–H groups in total. The van der Waals surface area contributed by atoms with Gasteiger partial charge < -0.3 is 17.8 Å². The van der Waals surface area contributed by atoms with E-state index in [4.69, 9.17) is 13.3 Å². The van der Waals surface area contributed by atoms with Gasteiger partial charge in [-0.15, -0.1) is 0 Å². The van der Waals surface area contributed by atoms with Crippen LogP contribution in [0.3, 0.4) is 0 Å². The molecule has 102 valence electrons. The maximum atomic E-state index is 5.51. The van der Waals surface area contributed by atoms with Crippen LogP contribution in [0, 0.1) is 0 Å². The molecule has 1 rings (SSSR count). The molecule has 1 fully saturated rings. The van der Waals surface area contributed by atoms with Gasteiger partial charge in [-0.2, -0.15) is 0 Å². The van der Waals surface area contributed by atoms with Crippen molar-refractivity contribution in [1.82, 2.24) is 0 Å². The van der Waals surface area contributed by atoms with E-state index in [0.29, 0.717) is 6.04 Å². The van der Waals surface area contributed by atoms with E-state index in [-0.39, 0.29) is 0 Å². The van der Waals surface area contributed by atoms with Crippen molar-refractivity contribution in [3.05, 3.63) is 0 Å². The van der Waals surface area contributed by atoms with Crippen LogP contribution in [0.4, 0.5) is 0 Å². The molecule has 0 unspecified atom stereocenters. The zero-order valence-corrected chi connectivity index (χ0v) is 13.0. The molecule has 0 aliphatic carbocycles. The van der Waals surface area contributed by atoms with Gasteiger partial charge in [-0.25, -0.2) is 0 Å². The average molecular weight is 262 g/mol. The fourth-order valence-electron chi connectivity index (χ4n) is 2.88. The van der Waals surface area contributed by atoms with Crippen LogP contribution >= 0.6 is 0 Å². The lowest BCUT2D eigenvalue weighted by atomic mass is 10.2. The Balaban J connectivity index is 2.63. The highest BCUT2D eigenvalue weighted by atomic mass is 28.4. The molecule has 0 aromatic carbocycles. The third-order valence-corrected chi connectivity index (χ3v) is 7.05. The molecule has 1 aliphatic rings. The molecule has 0 spiro atoms. The van der Waals surface area contributed by atoms with Crippen molar-refractivity contribution in [2.24, 2.45) is 0 Å². The Morgan fingerprint density at radius 2 is 1.47 bits per heavy atom. The number of nitrogens with zero attached hydrogens (tertiary/aromatic N) is 1. The summed E-state index contributed by atoms with van der Waals surface area (Å²) in [4.78, 5) is 0. The van der Waals surface area contributed by atoms with Crippen LogP contribution in [-0.2, 0) is 13.3 Å². The highest BCUT2D eigenvalue weighted by Gasteiger charge is 2.43. The molecule has 0 bridgehead atoms. The third-order valence-electron chi connectivity index (χ3n) is 4.35. The fraction of sp³-hybridized carbons (Fsp3) is 1.00. The zero-order chi connectivity index (χ0) is 12.9. The highest BCUT2D eigenvalue weighted by Crippen LogP contribution is 2.26. The summed E-state index contributed by atoms with van der Waals surface area (Å²) in [6.45, 7) is 8.33. The molecule has 0 saturated carbocycles. The SMILES string of the molecule is CO[Si](CC[N+]1(C(C)C)CCCC1)(OC)OC. The number of quaternary nitrogens is 1. The second kappa shape index (κ2) is 6.29. The van der Waals surface area contributed by atoms with E-state index in [1.807, 2.05) is 0 Å². The van der Waals surface area contributed by atoms with Crippen LogP contribution in [-0.4, -0.2) is 60.3 Å². The molecule has 17 heavy (non-hydrogen) atoms. The first kappa shape index (κ1) is 15.1. The van der Waals surface area contributed by atoms with Crippen molar-refractivity contribution in [2.75, 3.05) is 41.0 Å². The molecule has 5 heteroatoms. The van der Waals surface area contributed by atoms with E-state index in [1.54, 1.807) is 21.3 Å². The topological polar surface area (TPSA) is 27.7 Å². The molecular formula is C12H28NO3Si+. The maximum Gasteiger partial charge on any atom is 0.505 e. The van der Waals surface area contributed by atoms with Crippen molar-refractivity contribution in [1.29, 1.82) is 0 Å². The average Bonchev–Trinajstić information content (AvgIpc) is 2.82.